The summed E-state index contributed by atoms with van der Waals surface area (Å²) in [5.74, 6) is 0. The highest BCUT2D eigenvalue weighted by Crippen LogP contribution is 2.02. The third-order valence-electron chi connectivity index (χ3n) is 0.890. The maximum absolute atomic E-state index is 4.74. The van der Waals surface area contributed by atoms with E-state index in [4.69, 9.17) is 9.57 Å². The van der Waals surface area contributed by atoms with Crippen molar-refractivity contribution in [1.29, 1.82) is 0 Å². The van der Waals surface area contributed by atoms with Gasteiger partial charge in [0.15, 0.2) is 6.10 Å². The molecule has 1 heterocycles. The van der Waals surface area contributed by atoms with Crippen molar-refractivity contribution in [3.8, 4) is 0 Å². The summed E-state index contributed by atoms with van der Waals surface area (Å²) in [5, 5.41) is 3.25. The molecule has 0 atom stereocenters. The van der Waals surface area contributed by atoms with Gasteiger partial charge in [0.25, 0.3) is 0 Å². The van der Waals surface area contributed by atoms with Crippen LogP contribution in [0.3, 0.4) is 0 Å². The summed E-state index contributed by atoms with van der Waals surface area (Å²) in [6.07, 6.45) is 6.42. The molecule has 0 aliphatic carbocycles. The van der Waals surface area contributed by atoms with Gasteiger partial charge in [-0.25, -0.2) is 0 Å². The van der Waals surface area contributed by atoms with E-state index in [1.165, 1.54) is 12.5 Å². The third kappa shape index (κ3) is 1.60. The molecule has 48 valence electrons. The van der Waals surface area contributed by atoms with E-state index in [0.29, 0.717) is 0 Å². The lowest BCUT2D eigenvalue weighted by Gasteiger charge is -2.06. The molecule has 1 rings (SSSR count). The molecule has 9 heavy (non-hydrogen) atoms. The largest absolute Gasteiger partial charge is 0.473 e. The molecule has 1 aliphatic heterocycles. The summed E-state index contributed by atoms with van der Waals surface area (Å²) < 4.78 is 4.74. The lowest BCUT2D eigenvalue weighted by atomic mass is 10.3. The first-order valence-corrected chi connectivity index (χ1v) is 2.54. The monoisotopic (exact) mass is 125 g/mol. The number of ether oxygens (including phenoxy) is 1. The average Bonchev–Trinajstić information content (AvgIpc) is 1.91. The van der Waals surface area contributed by atoms with Crippen LogP contribution < -0.4 is 0 Å². The quantitative estimate of drug-likeness (QED) is 0.408. The summed E-state index contributed by atoms with van der Waals surface area (Å²) in [6.45, 7) is 3.17. The van der Waals surface area contributed by atoms with E-state index in [1.54, 1.807) is 12.2 Å². The first-order valence-electron chi connectivity index (χ1n) is 2.54. The van der Waals surface area contributed by atoms with Crippen LogP contribution in [0.25, 0.3) is 0 Å². The molecule has 0 aromatic heterocycles. The minimum absolute atomic E-state index is 0.115. The second kappa shape index (κ2) is 2.91. The van der Waals surface area contributed by atoms with Crippen LogP contribution in [0.15, 0.2) is 29.8 Å². The molecule has 0 bridgehead atoms. The molecule has 0 amide bonds. The Morgan fingerprint density at radius 2 is 2.11 bits per heavy atom. The zero-order chi connectivity index (χ0) is 6.53. The van der Waals surface area contributed by atoms with Crippen LogP contribution >= 0.6 is 0 Å². The molecule has 0 saturated carbocycles. The van der Waals surface area contributed by atoms with Gasteiger partial charge in [0.05, 0.1) is 12.5 Å². The fourth-order valence-electron chi connectivity index (χ4n) is 0.511. The van der Waals surface area contributed by atoms with Crippen molar-refractivity contribution in [2.75, 3.05) is 0 Å². The molecule has 3 heteroatoms. The van der Waals surface area contributed by atoms with Crippen LogP contribution in [0.1, 0.15) is 0 Å². The second-order valence-electron chi connectivity index (χ2n) is 1.49. The first kappa shape index (κ1) is 5.88. The Morgan fingerprint density at radius 3 is 2.67 bits per heavy atom. The minimum Gasteiger partial charge on any atom is -0.473 e. The average molecular weight is 125 g/mol. The van der Waals surface area contributed by atoms with E-state index in [1.807, 2.05) is 0 Å². The highest BCUT2D eigenvalue weighted by atomic mass is 16.6. The zero-order valence-corrected chi connectivity index (χ0v) is 4.86. The Labute approximate surface area is 53.3 Å². The van der Waals surface area contributed by atoms with E-state index in [0.717, 1.165) is 0 Å². The van der Waals surface area contributed by atoms with E-state index < -0.39 is 0 Å². The molecular weight excluding hydrogens is 118 g/mol. The van der Waals surface area contributed by atoms with Crippen molar-refractivity contribution < 1.29 is 9.57 Å². The lowest BCUT2D eigenvalue weighted by Crippen LogP contribution is -2.03. The molecule has 1 aliphatic rings. The van der Waals surface area contributed by atoms with Gasteiger partial charge in [0.2, 0.25) is 0 Å². The van der Waals surface area contributed by atoms with Gasteiger partial charge in [0, 0.05) is 6.72 Å². The summed E-state index contributed by atoms with van der Waals surface area (Å²) in [7, 11) is 0. The van der Waals surface area contributed by atoms with Crippen molar-refractivity contribution in [2.24, 2.45) is 5.16 Å². The Hall–Kier alpha value is -1.25. The molecular formula is C6H7NO2. The van der Waals surface area contributed by atoms with Gasteiger partial charge < -0.3 is 9.57 Å². The Morgan fingerprint density at radius 1 is 1.44 bits per heavy atom. The SMILES string of the molecule is C=NOC1C=COC=C1. The Bertz CT molecular complexity index is 139. The smallest absolute Gasteiger partial charge is 0.170 e. The number of rotatable bonds is 2. The van der Waals surface area contributed by atoms with Crippen molar-refractivity contribution in [3.63, 3.8) is 0 Å². The standard InChI is InChI=1S/C6H7NO2/c1-7-9-6-2-4-8-5-3-6/h2-6H,1H2. The molecule has 0 unspecified atom stereocenters. The summed E-state index contributed by atoms with van der Waals surface area (Å²) in [4.78, 5) is 4.74. The van der Waals surface area contributed by atoms with E-state index in [-0.39, 0.29) is 6.10 Å². The topological polar surface area (TPSA) is 30.8 Å². The van der Waals surface area contributed by atoms with Gasteiger partial charge in [-0.3, -0.25) is 0 Å². The van der Waals surface area contributed by atoms with E-state index >= 15 is 0 Å². The summed E-state index contributed by atoms with van der Waals surface area (Å²) in [6, 6.07) is 0. The molecule has 0 spiro atoms. The normalized spacial score (nSPS) is 16.9. The minimum atomic E-state index is -0.115. The van der Waals surface area contributed by atoms with Gasteiger partial charge in [-0.05, 0) is 12.2 Å². The van der Waals surface area contributed by atoms with Crippen LogP contribution in [0.4, 0.5) is 0 Å². The third-order valence-corrected chi connectivity index (χ3v) is 0.890. The first-order chi connectivity index (χ1) is 4.43. The molecule has 0 aromatic carbocycles. The Balaban J connectivity index is 2.39. The maximum Gasteiger partial charge on any atom is 0.170 e. The molecule has 0 radical (unpaired) electrons. The fourth-order valence-corrected chi connectivity index (χ4v) is 0.511. The van der Waals surface area contributed by atoms with Gasteiger partial charge in [0.1, 0.15) is 0 Å². The highest BCUT2D eigenvalue weighted by molar-refractivity contribution is 5.21. The van der Waals surface area contributed by atoms with Crippen molar-refractivity contribution in [3.05, 3.63) is 24.7 Å². The van der Waals surface area contributed by atoms with Gasteiger partial charge in [-0.2, -0.15) is 0 Å². The van der Waals surface area contributed by atoms with Crippen LogP contribution in [-0.2, 0) is 9.57 Å². The zero-order valence-electron chi connectivity index (χ0n) is 4.86. The fraction of sp³-hybridized carbons (Fsp3) is 0.167. The Kier molecular flexibility index (Phi) is 1.90. The van der Waals surface area contributed by atoms with Crippen LogP contribution in [0.2, 0.25) is 0 Å². The van der Waals surface area contributed by atoms with E-state index in [2.05, 4.69) is 11.9 Å². The summed E-state index contributed by atoms with van der Waals surface area (Å²) >= 11 is 0. The second-order valence-corrected chi connectivity index (χ2v) is 1.49. The van der Waals surface area contributed by atoms with Crippen molar-refractivity contribution >= 4 is 6.72 Å². The van der Waals surface area contributed by atoms with Crippen LogP contribution in [0.5, 0.6) is 0 Å². The summed E-state index contributed by atoms with van der Waals surface area (Å²) in [5.41, 5.74) is 0. The number of nitrogens with zero attached hydrogens (tertiary/aromatic N) is 1. The van der Waals surface area contributed by atoms with Crippen molar-refractivity contribution in [1.82, 2.24) is 0 Å². The lowest BCUT2D eigenvalue weighted by molar-refractivity contribution is 0.120. The van der Waals surface area contributed by atoms with Crippen molar-refractivity contribution in [2.45, 2.75) is 6.10 Å². The maximum atomic E-state index is 4.74. The van der Waals surface area contributed by atoms with Crippen LogP contribution in [-0.4, -0.2) is 12.8 Å². The molecule has 0 fully saturated rings. The van der Waals surface area contributed by atoms with Gasteiger partial charge in [-0.1, -0.05) is 0 Å². The number of hydrogen-bond donors (Lipinski definition) is 0. The number of oxime groups is 1. The molecule has 0 saturated heterocycles. The van der Waals surface area contributed by atoms with E-state index in [9.17, 15) is 0 Å². The van der Waals surface area contributed by atoms with Gasteiger partial charge >= 0.3 is 0 Å². The molecule has 0 aromatic rings. The number of hydrogen-bond acceptors (Lipinski definition) is 3. The molecule has 3 nitrogen and oxygen atoms in total. The highest BCUT2D eigenvalue weighted by Gasteiger charge is 2.01. The van der Waals surface area contributed by atoms with Gasteiger partial charge in [-0.15, -0.1) is 5.16 Å². The predicted molar refractivity (Wildman–Crippen MR) is 33.8 cm³/mol. The van der Waals surface area contributed by atoms with Crippen LogP contribution in [0, 0.1) is 0 Å². The molecule has 0 N–H and O–H groups in total. The predicted octanol–water partition coefficient (Wildman–Crippen LogP) is 1.04.